The van der Waals surface area contributed by atoms with Crippen LogP contribution in [-0.4, -0.2) is 28.1 Å². The molecular formula is C17H21NO4. The zero-order chi connectivity index (χ0) is 16.5. The number of hydrogen-bond donors (Lipinski definition) is 1. The predicted molar refractivity (Wildman–Crippen MR) is 82.1 cm³/mol. The lowest BCUT2D eigenvalue weighted by molar-refractivity contribution is -0.163. The molecule has 1 aromatic rings. The number of esters is 1. The molecule has 0 radical (unpaired) electrons. The van der Waals surface area contributed by atoms with Crippen LogP contribution in [0.4, 0.5) is 0 Å². The van der Waals surface area contributed by atoms with Gasteiger partial charge in [-0.3, -0.25) is 14.6 Å². The van der Waals surface area contributed by atoms with Crippen molar-refractivity contribution in [2.75, 3.05) is 0 Å². The molecule has 0 aliphatic heterocycles. The first-order valence-corrected chi connectivity index (χ1v) is 7.35. The van der Waals surface area contributed by atoms with Crippen molar-refractivity contribution in [2.24, 2.45) is 5.41 Å². The van der Waals surface area contributed by atoms with Crippen LogP contribution in [0.1, 0.15) is 44.9 Å². The van der Waals surface area contributed by atoms with Gasteiger partial charge >= 0.3 is 11.9 Å². The number of carbonyl (C=O) groups excluding carboxylic acids is 1. The molecule has 22 heavy (non-hydrogen) atoms. The Hall–Kier alpha value is -2.17. The molecule has 5 nitrogen and oxygen atoms in total. The van der Waals surface area contributed by atoms with Gasteiger partial charge in [-0.15, -0.1) is 0 Å². The first kappa shape index (κ1) is 16.2. The van der Waals surface area contributed by atoms with E-state index < -0.39 is 23.5 Å². The second-order valence-corrected chi connectivity index (χ2v) is 5.86. The lowest BCUT2D eigenvalue weighted by Crippen LogP contribution is -2.41. The molecule has 1 heterocycles. The van der Waals surface area contributed by atoms with E-state index in [2.05, 4.69) is 4.98 Å². The van der Waals surface area contributed by atoms with Crippen molar-refractivity contribution >= 4 is 17.5 Å². The second-order valence-electron chi connectivity index (χ2n) is 5.86. The number of ether oxygens (including phenoxy) is 1. The lowest BCUT2D eigenvalue weighted by atomic mass is 9.78. The van der Waals surface area contributed by atoms with Gasteiger partial charge in [0.1, 0.15) is 11.5 Å². The van der Waals surface area contributed by atoms with Crippen LogP contribution >= 0.6 is 0 Å². The highest BCUT2D eigenvalue weighted by atomic mass is 16.5. The number of carbonyl (C=O) groups is 2. The maximum absolute atomic E-state index is 11.9. The number of nitrogens with zero attached hydrogens (tertiary/aromatic N) is 1. The highest BCUT2D eigenvalue weighted by Crippen LogP contribution is 2.49. The third-order valence-electron chi connectivity index (χ3n) is 4.42. The average molecular weight is 303 g/mol. The van der Waals surface area contributed by atoms with Crippen LogP contribution in [0, 0.1) is 12.3 Å². The minimum atomic E-state index is -1.11. The molecule has 5 heteroatoms. The van der Waals surface area contributed by atoms with E-state index in [0.29, 0.717) is 12.8 Å². The van der Waals surface area contributed by atoms with E-state index in [0.717, 1.165) is 22.4 Å². The van der Waals surface area contributed by atoms with Gasteiger partial charge in [0, 0.05) is 13.1 Å². The largest absolute Gasteiger partial charge is 0.481 e. The molecule has 0 bridgehead atoms. The summed E-state index contributed by atoms with van der Waals surface area (Å²) in [5.41, 5.74) is 2.30. The van der Waals surface area contributed by atoms with E-state index in [1.807, 2.05) is 32.9 Å². The smallest absolute Gasteiger partial charge is 0.314 e. The van der Waals surface area contributed by atoms with Gasteiger partial charge in [0.25, 0.3) is 0 Å². The summed E-state index contributed by atoms with van der Waals surface area (Å²) in [6.45, 7) is 6.88. The van der Waals surface area contributed by atoms with Crippen LogP contribution in [0.25, 0.3) is 5.57 Å². The maximum Gasteiger partial charge on any atom is 0.314 e. The van der Waals surface area contributed by atoms with Crippen LogP contribution in [0.15, 0.2) is 23.9 Å². The highest BCUT2D eigenvalue weighted by Gasteiger charge is 2.53. The summed E-state index contributed by atoms with van der Waals surface area (Å²) in [5.74, 6) is -1.41. The molecule has 1 aliphatic carbocycles. The number of hydrogen-bond acceptors (Lipinski definition) is 4. The van der Waals surface area contributed by atoms with E-state index in [-0.39, 0.29) is 0 Å². The fourth-order valence-electron chi connectivity index (χ4n) is 3.08. The molecule has 2 rings (SSSR count). The number of rotatable bonds is 4. The van der Waals surface area contributed by atoms with Crippen LogP contribution < -0.4 is 0 Å². The van der Waals surface area contributed by atoms with E-state index in [9.17, 15) is 14.7 Å². The summed E-state index contributed by atoms with van der Waals surface area (Å²) in [7, 11) is 0. The predicted octanol–water partition coefficient (Wildman–Crippen LogP) is 2.98. The van der Waals surface area contributed by atoms with E-state index in [1.165, 1.54) is 6.92 Å². The quantitative estimate of drug-likeness (QED) is 0.865. The van der Waals surface area contributed by atoms with Gasteiger partial charge in [0.05, 0.1) is 5.69 Å². The Labute approximate surface area is 130 Å². The molecule has 0 aromatic carbocycles. The summed E-state index contributed by atoms with van der Waals surface area (Å²) in [6.07, 6.45) is 1.71. The molecule has 0 saturated carbocycles. The zero-order valence-electron chi connectivity index (χ0n) is 13.3. The number of aryl methyl sites for hydroxylation is 1. The molecule has 0 fully saturated rings. The minimum absolute atomic E-state index is 0.318. The lowest BCUT2D eigenvalue weighted by Gasteiger charge is -2.30. The highest BCUT2D eigenvalue weighted by molar-refractivity contribution is 5.85. The molecular weight excluding hydrogens is 282 g/mol. The van der Waals surface area contributed by atoms with Crippen LogP contribution in [0.2, 0.25) is 0 Å². The minimum Gasteiger partial charge on any atom is -0.481 e. The summed E-state index contributed by atoms with van der Waals surface area (Å²) in [6, 6.07) is 3.82. The molecule has 0 amide bonds. The van der Waals surface area contributed by atoms with Gasteiger partial charge in [-0.05, 0) is 49.5 Å². The molecule has 0 saturated heterocycles. The van der Waals surface area contributed by atoms with Gasteiger partial charge < -0.3 is 9.84 Å². The monoisotopic (exact) mass is 303 g/mol. The third-order valence-corrected chi connectivity index (χ3v) is 4.42. The van der Waals surface area contributed by atoms with Crippen LogP contribution in [0.3, 0.4) is 0 Å². The Bertz CT molecular complexity index is 633. The fraction of sp³-hybridized carbons (Fsp3) is 0.471. The first-order chi connectivity index (χ1) is 10.3. The summed E-state index contributed by atoms with van der Waals surface area (Å²) in [5, 5.41) is 9.74. The van der Waals surface area contributed by atoms with Gasteiger partial charge in [0.2, 0.25) is 0 Å². The van der Waals surface area contributed by atoms with Crippen LogP contribution in [-0.2, 0) is 14.3 Å². The molecule has 1 aliphatic rings. The SMILES string of the molecule is CC[C@@]1(C(=O)O)CC(c2ccc(C)cn2)=C(C)[C@H]1OC(C)=O. The second kappa shape index (κ2) is 5.91. The van der Waals surface area contributed by atoms with Crippen molar-refractivity contribution in [3.63, 3.8) is 0 Å². The van der Waals surface area contributed by atoms with Gasteiger partial charge in [0.15, 0.2) is 0 Å². The normalized spacial score (nSPS) is 24.5. The van der Waals surface area contributed by atoms with E-state index in [1.54, 1.807) is 6.20 Å². The number of aliphatic carboxylic acids is 1. The summed E-state index contributed by atoms with van der Waals surface area (Å²) >= 11 is 0. The topological polar surface area (TPSA) is 76.5 Å². The molecule has 1 N–H and O–H groups in total. The first-order valence-electron chi connectivity index (χ1n) is 7.35. The van der Waals surface area contributed by atoms with Crippen molar-refractivity contribution in [1.29, 1.82) is 0 Å². The standard InChI is InChI=1S/C17H21NO4/c1-5-17(16(20)21)8-13(11(3)15(17)22-12(4)19)14-7-6-10(2)9-18-14/h6-7,9,15H,5,8H2,1-4H3,(H,20,21)/t15-,17-/m1/s1. The van der Waals surface area contributed by atoms with Crippen molar-refractivity contribution in [2.45, 2.75) is 46.6 Å². The van der Waals surface area contributed by atoms with E-state index >= 15 is 0 Å². The van der Waals surface area contributed by atoms with Crippen molar-refractivity contribution in [3.05, 3.63) is 35.2 Å². The van der Waals surface area contributed by atoms with Gasteiger partial charge in [-0.2, -0.15) is 0 Å². The Morgan fingerprint density at radius 3 is 2.55 bits per heavy atom. The van der Waals surface area contributed by atoms with Gasteiger partial charge in [-0.1, -0.05) is 13.0 Å². The van der Waals surface area contributed by atoms with Crippen molar-refractivity contribution in [3.8, 4) is 0 Å². The Morgan fingerprint density at radius 1 is 1.41 bits per heavy atom. The zero-order valence-corrected chi connectivity index (χ0v) is 13.3. The average Bonchev–Trinajstić information content (AvgIpc) is 2.74. The number of allylic oxidation sites excluding steroid dienone is 1. The van der Waals surface area contributed by atoms with Crippen molar-refractivity contribution < 1.29 is 19.4 Å². The number of carboxylic acids is 1. The number of pyridine rings is 1. The fourth-order valence-corrected chi connectivity index (χ4v) is 3.08. The summed E-state index contributed by atoms with van der Waals surface area (Å²) in [4.78, 5) is 27.7. The van der Waals surface area contributed by atoms with E-state index in [4.69, 9.17) is 4.74 Å². The third kappa shape index (κ3) is 2.63. The molecule has 0 unspecified atom stereocenters. The van der Waals surface area contributed by atoms with Crippen LogP contribution in [0.5, 0.6) is 0 Å². The number of aromatic nitrogens is 1. The molecule has 1 aromatic heterocycles. The van der Waals surface area contributed by atoms with Gasteiger partial charge in [-0.25, -0.2) is 0 Å². The maximum atomic E-state index is 11.9. The van der Waals surface area contributed by atoms with Crippen molar-refractivity contribution in [1.82, 2.24) is 4.98 Å². The molecule has 118 valence electrons. The number of carboxylic acid groups (broad SMARTS) is 1. The Kier molecular flexibility index (Phi) is 4.35. The Balaban J connectivity index is 2.51. The molecule has 0 spiro atoms. The Morgan fingerprint density at radius 2 is 2.09 bits per heavy atom. The summed E-state index contributed by atoms with van der Waals surface area (Å²) < 4.78 is 5.36. The molecule has 2 atom stereocenters.